The van der Waals surface area contributed by atoms with E-state index in [1.54, 1.807) is 13.4 Å². The second-order valence-electron chi connectivity index (χ2n) is 5.30. The molecule has 6 heteroatoms. The molecule has 0 fully saturated rings. The number of methoxy groups -OCH3 is 1. The fourth-order valence-electron chi connectivity index (χ4n) is 2.06. The molecule has 1 N–H and O–H groups in total. The van der Waals surface area contributed by atoms with Crippen LogP contribution in [0.2, 0.25) is 0 Å². The third-order valence-electron chi connectivity index (χ3n) is 3.14. The summed E-state index contributed by atoms with van der Waals surface area (Å²) in [4.78, 5) is 13.2. The molecule has 21 heavy (non-hydrogen) atoms. The summed E-state index contributed by atoms with van der Waals surface area (Å²) in [6, 6.07) is 0. The zero-order valence-corrected chi connectivity index (χ0v) is 14.0. The Kier molecular flexibility index (Phi) is 7.82. The molecule has 0 spiro atoms. The van der Waals surface area contributed by atoms with E-state index in [1.165, 1.54) is 0 Å². The van der Waals surface area contributed by atoms with Gasteiger partial charge in [0.1, 0.15) is 6.33 Å². The van der Waals surface area contributed by atoms with Crippen LogP contribution in [0, 0.1) is 0 Å². The highest BCUT2D eigenvalue weighted by molar-refractivity contribution is 5.64. The summed E-state index contributed by atoms with van der Waals surface area (Å²) in [6.45, 7) is 8.02. The van der Waals surface area contributed by atoms with E-state index in [2.05, 4.69) is 53.0 Å². The van der Waals surface area contributed by atoms with Gasteiger partial charge in [0.15, 0.2) is 11.6 Å². The lowest BCUT2D eigenvalue weighted by Gasteiger charge is -2.26. The number of rotatable bonds is 10. The number of nitrogens with one attached hydrogen (secondary N) is 1. The number of anilines is 2. The fraction of sp³-hybridized carbons (Fsp3) is 0.733. The normalized spacial score (nSPS) is 10.8. The van der Waals surface area contributed by atoms with Gasteiger partial charge in [0.2, 0.25) is 5.75 Å². The minimum Gasteiger partial charge on any atom is -0.490 e. The Morgan fingerprint density at radius 1 is 1.10 bits per heavy atom. The Morgan fingerprint density at radius 2 is 1.86 bits per heavy atom. The number of hydrogen-bond acceptors (Lipinski definition) is 6. The molecule has 0 radical (unpaired) electrons. The van der Waals surface area contributed by atoms with E-state index in [0.717, 1.165) is 56.4 Å². The van der Waals surface area contributed by atoms with Crippen LogP contribution in [-0.2, 0) is 0 Å². The van der Waals surface area contributed by atoms with Crippen LogP contribution in [0.4, 0.5) is 11.6 Å². The molecule has 1 aromatic heterocycles. The molecule has 0 atom stereocenters. The number of aromatic nitrogens is 2. The van der Waals surface area contributed by atoms with Gasteiger partial charge in [0, 0.05) is 26.2 Å². The summed E-state index contributed by atoms with van der Waals surface area (Å²) >= 11 is 0. The molecule has 0 bridgehead atoms. The SMILES string of the molecule is CCCNc1ncnc(N(CCC)CCN(C)C)c1OC. The van der Waals surface area contributed by atoms with Crippen molar-refractivity contribution in [1.29, 1.82) is 0 Å². The predicted molar refractivity (Wildman–Crippen MR) is 88.4 cm³/mol. The van der Waals surface area contributed by atoms with Crippen molar-refractivity contribution >= 4 is 11.6 Å². The van der Waals surface area contributed by atoms with E-state index in [1.807, 2.05) is 0 Å². The summed E-state index contributed by atoms with van der Waals surface area (Å²) in [7, 11) is 5.83. The van der Waals surface area contributed by atoms with Crippen LogP contribution in [0.3, 0.4) is 0 Å². The molecule has 0 unspecified atom stereocenters. The minimum atomic E-state index is 0.734. The highest BCUT2D eigenvalue weighted by Gasteiger charge is 2.17. The molecule has 0 aliphatic heterocycles. The maximum absolute atomic E-state index is 5.56. The van der Waals surface area contributed by atoms with E-state index in [4.69, 9.17) is 4.74 Å². The van der Waals surface area contributed by atoms with Crippen molar-refractivity contribution in [3.63, 3.8) is 0 Å². The minimum absolute atomic E-state index is 0.734. The van der Waals surface area contributed by atoms with Gasteiger partial charge < -0.3 is 19.9 Å². The zero-order valence-electron chi connectivity index (χ0n) is 14.0. The topological polar surface area (TPSA) is 53.5 Å². The molecular weight excluding hydrogens is 266 g/mol. The van der Waals surface area contributed by atoms with Gasteiger partial charge in [0.25, 0.3) is 0 Å². The van der Waals surface area contributed by atoms with Crippen molar-refractivity contribution < 1.29 is 4.74 Å². The van der Waals surface area contributed by atoms with Crippen LogP contribution in [0.25, 0.3) is 0 Å². The standard InChI is InChI=1S/C15H29N5O/c1-6-8-16-14-13(21-5)15(18-12-17-14)20(9-7-2)11-10-19(3)4/h12H,6-11H2,1-5H3,(H,16,17,18). The third kappa shape index (κ3) is 5.38. The number of likely N-dealkylation sites (N-methyl/N-ethyl adjacent to an activating group) is 1. The predicted octanol–water partition coefficient (Wildman–Crippen LogP) is 2.09. The Morgan fingerprint density at radius 3 is 2.43 bits per heavy atom. The van der Waals surface area contributed by atoms with Gasteiger partial charge in [-0.3, -0.25) is 0 Å². The van der Waals surface area contributed by atoms with Crippen LogP contribution < -0.4 is 15.0 Å². The Labute approximate surface area is 128 Å². The molecular formula is C15H29N5O. The second-order valence-corrected chi connectivity index (χ2v) is 5.30. The van der Waals surface area contributed by atoms with Gasteiger partial charge in [-0.05, 0) is 26.9 Å². The van der Waals surface area contributed by atoms with Crippen LogP contribution in [-0.4, -0.2) is 62.3 Å². The van der Waals surface area contributed by atoms with Gasteiger partial charge in [-0.2, -0.15) is 0 Å². The Hall–Kier alpha value is -1.56. The Bertz CT molecular complexity index is 411. The van der Waals surface area contributed by atoms with Crippen molar-refractivity contribution in [2.45, 2.75) is 26.7 Å². The summed E-state index contributed by atoms with van der Waals surface area (Å²) < 4.78 is 5.56. The summed E-state index contributed by atoms with van der Waals surface area (Å²) in [6.07, 6.45) is 3.72. The van der Waals surface area contributed by atoms with E-state index >= 15 is 0 Å². The highest BCUT2D eigenvalue weighted by Crippen LogP contribution is 2.31. The molecule has 0 aromatic carbocycles. The summed E-state index contributed by atoms with van der Waals surface area (Å²) in [5.41, 5.74) is 0. The van der Waals surface area contributed by atoms with Crippen molar-refractivity contribution in [2.24, 2.45) is 0 Å². The van der Waals surface area contributed by atoms with Gasteiger partial charge in [0.05, 0.1) is 7.11 Å². The van der Waals surface area contributed by atoms with Crippen molar-refractivity contribution in [3.05, 3.63) is 6.33 Å². The van der Waals surface area contributed by atoms with Crippen LogP contribution in [0.1, 0.15) is 26.7 Å². The first-order valence-corrected chi connectivity index (χ1v) is 7.66. The van der Waals surface area contributed by atoms with E-state index in [9.17, 15) is 0 Å². The first-order valence-electron chi connectivity index (χ1n) is 7.66. The molecule has 1 rings (SSSR count). The van der Waals surface area contributed by atoms with Crippen LogP contribution in [0.5, 0.6) is 5.75 Å². The quantitative estimate of drug-likeness (QED) is 0.713. The average Bonchev–Trinajstić information content (AvgIpc) is 2.48. The summed E-state index contributed by atoms with van der Waals surface area (Å²) in [5.74, 6) is 2.38. The molecule has 6 nitrogen and oxygen atoms in total. The molecule has 0 aliphatic carbocycles. The lowest BCUT2D eigenvalue weighted by atomic mass is 10.3. The fourth-order valence-corrected chi connectivity index (χ4v) is 2.06. The van der Waals surface area contributed by atoms with Crippen molar-refractivity contribution in [2.75, 3.05) is 57.6 Å². The number of ether oxygens (including phenoxy) is 1. The van der Waals surface area contributed by atoms with Crippen molar-refractivity contribution in [3.8, 4) is 5.75 Å². The second kappa shape index (κ2) is 9.39. The smallest absolute Gasteiger partial charge is 0.204 e. The molecule has 1 aromatic rings. The largest absolute Gasteiger partial charge is 0.490 e. The lowest BCUT2D eigenvalue weighted by Crippen LogP contribution is -2.33. The van der Waals surface area contributed by atoms with Crippen LogP contribution in [0.15, 0.2) is 6.33 Å². The van der Waals surface area contributed by atoms with E-state index in [0.29, 0.717) is 0 Å². The maximum Gasteiger partial charge on any atom is 0.204 e. The Balaban J connectivity index is 2.99. The first kappa shape index (κ1) is 17.5. The maximum atomic E-state index is 5.56. The molecule has 0 saturated heterocycles. The van der Waals surface area contributed by atoms with Gasteiger partial charge in [-0.25, -0.2) is 9.97 Å². The molecule has 120 valence electrons. The summed E-state index contributed by atoms with van der Waals surface area (Å²) in [5, 5.41) is 3.30. The van der Waals surface area contributed by atoms with E-state index in [-0.39, 0.29) is 0 Å². The van der Waals surface area contributed by atoms with Crippen molar-refractivity contribution in [1.82, 2.24) is 14.9 Å². The number of hydrogen-bond donors (Lipinski definition) is 1. The van der Waals surface area contributed by atoms with Gasteiger partial charge in [-0.1, -0.05) is 13.8 Å². The zero-order chi connectivity index (χ0) is 15.7. The molecule has 1 heterocycles. The lowest BCUT2D eigenvalue weighted by molar-refractivity contribution is 0.400. The van der Waals surface area contributed by atoms with Crippen LogP contribution >= 0.6 is 0 Å². The highest BCUT2D eigenvalue weighted by atomic mass is 16.5. The van der Waals surface area contributed by atoms with Gasteiger partial charge >= 0.3 is 0 Å². The number of nitrogens with zero attached hydrogens (tertiary/aromatic N) is 4. The molecule has 0 saturated carbocycles. The third-order valence-corrected chi connectivity index (χ3v) is 3.14. The van der Waals surface area contributed by atoms with E-state index < -0.39 is 0 Å². The van der Waals surface area contributed by atoms with Gasteiger partial charge in [-0.15, -0.1) is 0 Å². The monoisotopic (exact) mass is 295 g/mol. The first-order chi connectivity index (χ1) is 10.1. The average molecular weight is 295 g/mol. The molecule has 0 aliphatic rings. The molecule has 0 amide bonds.